The van der Waals surface area contributed by atoms with Crippen molar-refractivity contribution in [3.05, 3.63) is 57.5 Å². The Kier molecular flexibility index (Phi) is 3.65. The van der Waals surface area contributed by atoms with Crippen molar-refractivity contribution in [2.45, 2.75) is 6.92 Å². The zero-order valence-electron chi connectivity index (χ0n) is 9.95. The van der Waals surface area contributed by atoms with E-state index < -0.39 is 11.6 Å². The Morgan fingerprint density at radius 2 is 2.05 bits per heavy atom. The lowest BCUT2D eigenvalue weighted by Crippen LogP contribution is -2.10. The Balaban J connectivity index is 2.18. The number of benzene rings is 1. The molecule has 0 unspecified atom stereocenters. The van der Waals surface area contributed by atoms with Crippen molar-refractivity contribution in [2.24, 2.45) is 5.10 Å². The second-order valence-corrected chi connectivity index (χ2v) is 3.74. The molecule has 0 radical (unpaired) electrons. The largest absolute Gasteiger partial charge is 0.291 e. The molecule has 2 N–H and O–H groups in total. The molecule has 0 bridgehead atoms. The molecule has 2 aromatic rings. The molecule has 98 valence electrons. The van der Waals surface area contributed by atoms with E-state index in [-0.39, 0.29) is 17.1 Å². The van der Waals surface area contributed by atoms with Gasteiger partial charge in [-0.15, -0.1) is 0 Å². The van der Waals surface area contributed by atoms with E-state index >= 15 is 0 Å². The van der Waals surface area contributed by atoms with Crippen LogP contribution >= 0.6 is 0 Å². The molecule has 0 aliphatic heterocycles. The van der Waals surface area contributed by atoms with Crippen LogP contribution in [0, 0.1) is 18.6 Å². The van der Waals surface area contributed by atoms with E-state index in [0.717, 1.165) is 18.3 Å². The van der Waals surface area contributed by atoms with Crippen LogP contribution in [-0.2, 0) is 0 Å². The van der Waals surface area contributed by atoms with Crippen LogP contribution in [0.2, 0.25) is 0 Å². The van der Waals surface area contributed by atoms with Crippen molar-refractivity contribution in [1.82, 2.24) is 9.97 Å². The van der Waals surface area contributed by atoms with Crippen LogP contribution in [0.1, 0.15) is 11.3 Å². The number of aromatic amines is 1. The molecule has 0 fully saturated rings. The van der Waals surface area contributed by atoms with Gasteiger partial charge in [-0.25, -0.2) is 19.2 Å². The van der Waals surface area contributed by atoms with Crippen molar-refractivity contribution in [1.29, 1.82) is 0 Å². The van der Waals surface area contributed by atoms with Crippen LogP contribution in [0.3, 0.4) is 0 Å². The molecule has 2 rings (SSSR count). The van der Waals surface area contributed by atoms with Gasteiger partial charge in [0.15, 0.2) is 0 Å². The summed E-state index contributed by atoms with van der Waals surface area (Å²) in [6.45, 7) is 1.64. The molecule has 1 aromatic carbocycles. The molecule has 0 aliphatic rings. The van der Waals surface area contributed by atoms with Gasteiger partial charge in [0.2, 0.25) is 5.95 Å². The van der Waals surface area contributed by atoms with E-state index in [1.165, 1.54) is 12.1 Å². The maximum atomic E-state index is 13.3. The molecule has 5 nitrogen and oxygen atoms in total. The highest BCUT2D eigenvalue weighted by Gasteiger charge is 2.05. The molecule has 1 aromatic heterocycles. The summed E-state index contributed by atoms with van der Waals surface area (Å²) in [4.78, 5) is 17.5. The van der Waals surface area contributed by atoms with Crippen molar-refractivity contribution in [2.75, 3.05) is 5.43 Å². The highest BCUT2D eigenvalue weighted by molar-refractivity contribution is 5.80. The first-order valence-electron chi connectivity index (χ1n) is 5.37. The smallest absolute Gasteiger partial charge is 0.252 e. The van der Waals surface area contributed by atoms with Gasteiger partial charge in [0.05, 0.1) is 11.8 Å². The van der Waals surface area contributed by atoms with Crippen molar-refractivity contribution >= 4 is 12.2 Å². The minimum Gasteiger partial charge on any atom is -0.291 e. The maximum Gasteiger partial charge on any atom is 0.252 e. The summed E-state index contributed by atoms with van der Waals surface area (Å²) >= 11 is 0. The normalized spacial score (nSPS) is 10.9. The van der Waals surface area contributed by atoms with Gasteiger partial charge < -0.3 is 0 Å². The number of hydrazone groups is 1. The average molecular weight is 264 g/mol. The molecule has 7 heteroatoms. The van der Waals surface area contributed by atoms with Crippen LogP contribution in [0.15, 0.2) is 34.2 Å². The van der Waals surface area contributed by atoms with Crippen LogP contribution in [0.5, 0.6) is 0 Å². The van der Waals surface area contributed by atoms with Gasteiger partial charge in [-0.1, -0.05) is 6.07 Å². The van der Waals surface area contributed by atoms with Gasteiger partial charge in [-0.05, 0) is 19.1 Å². The Morgan fingerprint density at radius 3 is 2.68 bits per heavy atom. The van der Waals surface area contributed by atoms with Gasteiger partial charge in [-0.2, -0.15) is 5.10 Å². The minimum absolute atomic E-state index is 0.0954. The van der Waals surface area contributed by atoms with E-state index in [9.17, 15) is 13.6 Å². The third kappa shape index (κ3) is 3.21. The number of H-pyrrole nitrogens is 1. The summed E-state index contributed by atoms with van der Waals surface area (Å²) in [7, 11) is 0. The average Bonchev–Trinajstić information content (AvgIpc) is 2.32. The lowest BCUT2D eigenvalue weighted by Gasteiger charge is -2.00. The van der Waals surface area contributed by atoms with Crippen molar-refractivity contribution in [3.63, 3.8) is 0 Å². The monoisotopic (exact) mass is 264 g/mol. The van der Waals surface area contributed by atoms with E-state index in [1.54, 1.807) is 6.92 Å². The number of rotatable bonds is 3. The van der Waals surface area contributed by atoms with E-state index in [4.69, 9.17) is 0 Å². The lowest BCUT2D eigenvalue weighted by atomic mass is 10.2. The fourth-order valence-electron chi connectivity index (χ4n) is 1.42. The first-order valence-corrected chi connectivity index (χ1v) is 5.37. The van der Waals surface area contributed by atoms with Crippen molar-refractivity contribution in [3.8, 4) is 0 Å². The topological polar surface area (TPSA) is 70.1 Å². The molecular weight excluding hydrogens is 254 g/mol. The molecule has 1 heterocycles. The second kappa shape index (κ2) is 5.38. The predicted molar refractivity (Wildman–Crippen MR) is 67.2 cm³/mol. The molecule has 0 aliphatic carbocycles. The van der Waals surface area contributed by atoms with Gasteiger partial charge >= 0.3 is 0 Å². The third-order valence-corrected chi connectivity index (χ3v) is 2.23. The number of anilines is 1. The second-order valence-electron chi connectivity index (χ2n) is 3.74. The Morgan fingerprint density at radius 1 is 1.37 bits per heavy atom. The summed E-state index contributed by atoms with van der Waals surface area (Å²) in [6, 6.07) is 4.81. The lowest BCUT2D eigenvalue weighted by molar-refractivity contribution is 0.580. The Labute approximate surface area is 107 Å². The number of nitrogens with zero attached hydrogens (tertiary/aromatic N) is 2. The van der Waals surface area contributed by atoms with Gasteiger partial charge in [-0.3, -0.25) is 9.78 Å². The fourth-order valence-corrected chi connectivity index (χ4v) is 1.42. The Hall–Kier alpha value is -2.57. The van der Waals surface area contributed by atoms with Gasteiger partial charge in [0, 0.05) is 11.8 Å². The number of hydrogen-bond acceptors (Lipinski definition) is 4. The quantitative estimate of drug-likeness (QED) is 0.656. The van der Waals surface area contributed by atoms with Gasteiger partial charge in [0.25, 0.3) is 5.56 Å². The molecule has 19 heavy (non-hydrogen) atoms. The van der Waals surface area contributed by atoms with Crippen LogP contribution in [0.4, 0.5) is 14.7 Å². The number of hydrogen-bond donors (Lipinski definition) is 2. The minimum atomic E-state index is -0.726. The van der Waals surface area contributed by atoms with Crippen molar-refractivity contribution < 1.29 is 8.78 Å². The Bertz CT molecular complexity index is 661. The highest BCUT2D eigenvalue weighted by atomic mass is 19.1. The van der Waals surface area contributed by atoms with Crippen LogP contribution in [-0.4, -0.2) is 16.2 Å². The third-order valence-electron chi connectivity index (χ3n) is 2.23. The molecule has 0 spiro atoms. The predicted octanol–water partition coefficient (Wildman–Crippen LogP) is 1.80. The maximum absolute atomic E-state index is 13.3. The standard InChI is InChI=1S/C12H10F2N4O/c1-7-5-11(19)17-12(16-7)18-15-6-8-9(13)3-2-4-10(8)14/h2-6H,1H3,(H2,16,17,18,19)/b15-6-. The molecule has 0 amide bonds. The summed E-state index contributed by atoms with van der Waals surface area (Å²) in [6.07, 6.45) is 0.979. The summed E-state index contributed by atoms with van der Waals surface area (Å²) in [5.41, 5.74) is 2.28. The number of halogens is 2. The van der Waals surface area contributed by atoms with E-state index in [2.05, 4.69) is 20.5 Å². The SMILES string of the molecule is Cc1cc(=O)[nH]c(N/N=C\c2c(F)cccc2F)n1. The number of aryl methyl sites for hydroxylation is 1. The van der Waals surface area contributed by atoms with Crippen LogP contribution in [0.25, 0.3) is 0 Å². The zero-order chi connectivity index (χ0) is 13.8. The first-order chi connectivity index (χ1) is 9.06. The fraction of sp³-hybridized carbons (Fsp3) is 0.0833. The summed E-state index contributed by atoms with van der Waals surface area (Å²) in [5.74, 6) is -1.36. The molecule has 0 saturated heterocycles. The highest BCUT2D eigenvalue weighted by Crippen LogP contribution is 2.09. The number of nitrogens with one attached hydrogen (secondary N) is 2. The van der Waals surface area contributed by atoms with E-state index in [1.807, 2.05) is 0 Å². The molecule has 0 atom stereocenters. The summed E-state index contributed by atoms with van der Waals surface area (Å²) < 4.78 is 26.5. The zero-order valence-corrected chi connectivity index (χ0v) is 9.95. The molecule has 0 saturated carbocycles. The number of aromatic nitrogens is 2. The van der Waals surface area contributed by atoms with Crippen LogP contribution < -0.4 is 11.0 Å². The van der Waals surface area contributed by atoms with Gasteiger partial charge in [0.1, 0.15) is 11.6 Å². The summed E-state index contributed by atoms with van der Waals surface area (Å²) in [5, 5.41) is 3.63. The first kappa shape index (κ1) is 12.9. The molecular formula is C12H10F2N4O. The van der Waals surface area contributed by atoms with E-state index in [0.29, 0.717) is 5.69 Å².